The van der Waals surface area contributed by atoms with E-state index in [0.717, 1.165) is 50.9 Å². The van der Waals surface area contributed by atoms with Gasteiger partial charge >= 0.3 is 0 Å². The molecule has 1 aromatic carbocycles. The first-order chi connectivity index (χ1) is 13.8. The average molecular weight is 429 g/mol. The quantitative estimate of drug-likeness (QED) is 0.418. The van der Waals surface area contributed by atoms with E-state index in [4.69, 9.17) is 14.5 Å². The number of ether oxygens (including phenoxy) is 2. The first-order valence-electron chi connectivity index (χ1n) is 8.64. The summed E-state index contributed by atoms with van der Waals surface area (Å²) in [5.74, 6) is 3.30. The van der Waals surface area contributed by atoms with Gasteiger partial charge < -0.3 is 14.0 Å². The number of benzene rings is 1. The normalized spacial score (nSPS) is 12.6. The van der Waals surface area contributed by atoms with Crippen LogP contribution in [-0.2, 0) is 19.2 Å². The van der Waals surface area contributed by atoms with E-state index in [1.165, 1.54) is 4.88 Å². The van der Waals surface area contributed by atoms with Crippen LogP contribution in [0.4, 0.5) is 0 Å². The van der Waals surface area contributed by atoms with E-state index in [0.29, 0.717) is 0 Å². The standard InChI is InChI=1S/C19H16N4O2S3/c1-23-17(8-14-3-2-6-26-14)21-22-19(23)28-10-13-9-27-18(20-13)12-4-5-15-16(7-12)25-11-24-15/h2-7,9H,8,10-11H2,1H3. The van der Waals surface area contributed by atoms with Gasteiger partial charge in [-0.15, -0.1) is 32.9 Å². The van der Waals surface area contributed by atoms with Crippen molar-refractivity contribution < 1.29 is 9.47 Å². The Morgan fingerprint density at radius 2 is 2.07 bits per heavy atom. The first-order valence-corrected chi connectivity index (χ1v) is 11.4. The molecule has 1 aliphatic rings. The van der Waals surface area contributed by atoms with Gasteiger partial charge in [0.2, 0.25) is 6.79 Å². The van der Waals surface area contributed by atoms with Crippen LogP contribution in [0.1, 0.15) is 16.4 Å². The molecule has 0 amide bonds. The lowest BCUT2D eigenvalue weighted by molar-refractivity contribution is 0.174. The van der Waals surface area contributed by atoms with Gasteiger partial charge in [-0.25, -0.2) is 4.98 Å². The highest BCUT2D eigenvalue weighted by Gasteiger charge is 2.16. The Hall–Kier alpha value is -2.36. The zero-order chi connectivity index (χ0) is 18.9. The maximum Gasteiger partial charge on any atom is 0.231 e. The van der Waals surface area contributed by atoms with Gasteiger partial charge in [-0.05, 0) is 29.6 Å². The average Bonchev–Trinajstić information content (AvgIpc) is 3.50. The molecule has 0 spiro atoms. The zero-order valence-electron chi connectivity index (χ0n) is 15.0. The number of rotatable bonds is 6. The number of hydrogen-bond acceptors (Lipinski definition) is 8. The van der Waals surface area contributed by atoms with E-state index in [2.05, 4.69) is 37.7 Å². The van der Waals surface area contributed by atoms with Crippen molar-refractivity contribution in [3.05, 3.63) is 57.5 Å². The fourth-order valence-corrected chi connectivity index (χ4v) is 5.31. The van der Waals surface area contributed by atoms with Crippen molar-refractivity contribution in [2.75, 3.05) is 6.79 Å². The van der Waals surface area contributed by atoms with Crippen molar-refractivity contribution in [1.29, 1.82) is 0 Å². The molecule has 0 fully saturated rings. The van der Waals surface area contributed by atoms with Gasteiger partial charge in [-0.3, -0.25) is 0 Å². The minimum absolute atomic E-state index is 0.282. The van der Waals surface area contributed by atoms with Crippen LogP contribution in [0, 0.1) is 0 Å². The largest absolute Gasteiger partial charge is 0.454 e. The van der Waals surface area contributed by atoms with Gasteiger partial charge in [0.05, 0.1) is 5.69 Å². The molecule has 4 aromatic rings. The highest BCUT2D eigenvalue weighted by atomic mass is 32.2. The summed E-state index contributed by atoms with van der Waals surface area (Å²) in [7, 11) is 2.02. The van der Waals surface area contributed by atoms with Crippen molar-refractivity contribution >= 4 is 34.4 Å². The van der Waals surface area contributed by atoms with E-state index in [1.54, 1.807) is 34.4 Å². The summed E-state index contributed by atoms with van der Waals surface area (Å²) in [6.07, 6.45) is 0.812. The zero-order valence-corrected chi connectivity index (χ0v) is 17.4. The second-order valence-corrected chi connectivity index (χ2v) is 9.05. The lowest BCUT2D eigenvalue weighted by Crippen LogP contribution is -1.99. The minimum atomic E-state index is 0.282. The van der Waals surface area contributed by atoms with Gasteiger partial charge in [0, 0.05) is 35.0 Å². The first kappa shape index (κ1) is 17.7. The molecule has 6 nitrogen and oxygen atoms in total. The third-order valence-corrected chi connectivity index (χ3v) is 7.23. The molecule has 0 atom stereocenters. The number of hydrogen-bond donors (Lipinski definition) is 0. The van der Waals surface area contributed by atoms with Gasteiger partial charge in [-0.1, -0.05) is 17.8 Å². The van der Waals surface area contributed by atoms with Crippen molar-refractivity contribution in [3.8, 4) is 22.1 Å². The van der Waals surface area contributed by atoms with Crippen LogP contribution in [0.5, 0.6) is 11.5 Å². The maximum absolute atomic E-state index is 5.46. The second kappa shape index (κ2) is 7.57. The molecular weight excluding hydrogens is 412 g/mol. The van der Waals surface area contributed by atoms with E-state index in [1.807, 2.05) is 25.2 Å². The molecular formula is C19H16N4O2S3. The van der Waals surface area contributed by atoms with Crippen LogP contribution in [0.25, 0.3) is 10.6 Å². The van der Waals surface area contributed by atoms with Gasteiger partial charge in [0.25, 0.3) is 0 Å². The lowest BCUT2D eigenvalue weighted by atomic mass is 10.2. The fourth-order valence-electron chi connectivity index (χ4n) is 2.87. The second-order valence-electron chi connectivity index (χ2n) is 6.21. The number of thioether (sulfide) groups is 1. The molecule has 9 heteroatoms. The topological polar surface area (TPSA) is 62.1 Å². The van der Waals surface area contributed by atoms with Crippen LogP contribution in [-0.4, -0.2) is 26.5 Å². The summed E-state index contributed by atoms with van der Waals surface area (Å²) >= 11 is 5.03. The summed E-state index contributed by atoms with van der Waals surface area (Å²) in [4.78, 5) is 6.06. The summed E-state index contributed by atoms with van der Waals surface area (Å²) < 4.78 is 12.9. The van der Waals surface area contributed by atoms with E-state index >= 15 is 0 Å². The number of thiophene rings is 1. The molecule has 0 radical (unpaired) electrons. The number of nitrogens with zero attached hydrogens (tertiary/aromatic N) is 4. The Bertz CT molecular complexity index is 1100. The molecule has 1 aliphatic heterocycles. The molecule has 4 heterocycles. The summed E-state index contributed by atoms with van der Waals surface area (Å²) in [6, 6.07) is 10.1. The Kier molecular flexibility index (Phi) is 4.79. The van der Waals surface area contributed by atoms with Gasteiger partial charge in [0.15, 0.2) is 16.7 Å². The predicted octanol–water partition coefficient (Wildman–Crippen LogP) is 4.61. The monoisotopic (exact) mass is 428 g/mol. The van der Waals surface area contributed by atoms with Crippen LogP contribution < -0.4 is 9.47 Å². The molecule has 142 valence electrons. The van der Waals surface area contributed by atoms with Crippen LogP contribution in [0.3, 0.4) is 0 Å². The highest BCUT2D eigenvalue weighted by Crippen LogP contribution is 2.37. The number of aromatic nitrogens is 4. The van der Waals surface area contributed by atoms with E-state index in [9.17, 15) is 0 Å². The Morgan fingerprint density at radius 3 is 2.96 bits per heavy atom. The fraction of sp³-hybridized carbons (Fsp3) is 0.211. The molecule has 0 unspecified atom stereocenters. The van der Waals surface area contributed by atoms with Crippen LogP contribution in [0.15, 0.2) is 46.2 Å². The van der Waals surface area contributed by atoms with Crippen LogP contribution >= 0.6 is 34.4 Å². The Morgan fingerprint density at radius 1 is 1.14 bits per heavy atom. The third-order valence-electron chi connectivity index (χ3n) is 4.36. The Labute approximate surface area is 174 Å². The van der Waals surface area contributed by atoms with Crippen molar-refractivity contribution in [2.24, 2.45) is 7.05 Å². The van der Waals surface area contributed by atoms with Gasteiger partial charge in [0.1, 0.15) is 10.8 Å². The summed E-state index contributed by atoms with van der Waals surface area (Å²) in [5, 5.41) is 14.7. The predicted molar refractivity (Wildman–Crippen MR) is 111 cm³/mol. The SMILES string of the molecule is Cn1c(Cc2cccs2)nnc1SCc1csc(-c2ccc3c(c2)OCO3)n1. The minimum Gasteiger partial charge on any atom is -0.454 e. The molecule has 0 bridgehead atoms. The number of fused-ring (bicyclic) bond motifs is 1. The lowest BCUT2D eigenvalue weighted by Gasteiger charge is -2.02. The summed E-state index contributed by atoms with van der Waals surface area (Å²) in [5.41, 5.74) is 2.08. The van der Waals surface area contributed by atoms with E-state index in [-0.39, 0.29) is 6.79 Å². The van der Waals surface area contributed by atoms with Crippen molar-refractivity contribution in [2.45, 2.75) is 17.3 Å². The Balaban J connectivity index is 1.26. The third kappa shape index (κ3) is 3.52. The molecule has 3 aromatic heterocycles. The van der Waals surface area contributed by atoms with Crippen LogP contribution in [0.2, 0.25) is 0 Å². The smallest absolute Gasteiger partial charge is 0.231 e. The number of thiazole rings is 1. The molecule has 28 heavy (non-hydrogen) atoms. The maximum atomic E-state index is 5.46. The molecule has 0 saturated heterocycles. The molecule has 0 aliphatic carbocycles. The highest BCUT2D eigenvalue weighted by molar-refractivity contribution is 7.98. The molecule has 0 saturated carbocycles. The van der Waals surface area contributed by atoms with Crippen molar-refractivity contribution in [3.63, 3.8) is 0 Å². The molecule has 5 rings (SSSR count). The van der Waals surface area contributed by atoms with Gasteiger partial charge in [-0.2, -0.15) is 0 Å². The van der Waals surface area contributed by atoms with E-state index < -0.39 is 0 Å². The summed E-state index contributed by atoms with van der Waals surface area (Å²) in [6.45, 7) is 0.282. The molecule has 0 N–H and O–H groups in total. The van der Waals surface area contributed by atoms with Crippen molar-refractivity contribution in [1.82, 2.24) is 19.7 Å².